The summed E-state index contributed by atoms with van der Waals surface area (Å²) in [5, 5.41) is 10.00. The summed E-state index contributed by atoms with van der Waals surface area (Å²) in [7, 11) is 0. The van der Waals surface area contributed by atoms with E-state index < -0.39 is 0 Å². The molecule has 102 valence electrons. The summed E-state index contributed by atoms with van der Waals surface area (Å²) in [4.78, 5) is 11.8. The molecule has 2 aliphatic rings. The van der Waals surface area contributed by atoms with Crippen molar-refractivity contribution in [3.8, 4) is 0 Å². The third-order valence-electron chi connectivity index (χ3n) is 3.81. The molecule has 2 fully saturated rings. The van der Waals surface area contributed by atoms with Gasteiger partial charge in [0.05, 0.1) is 0 Å². The number of halogens is 2. The second-order valence-electron chi connectivity index (χ2n) is 5.47. The van der Waals surface area contributed by atoms with Crippen LogP contribution in [0.1, 0.15) is 12.8 Å². The number of carbonyl (C=O) groups excluding carboxylic acids is 1. The van der Waals surface area contributed by atoms with Gasteiger partial charge in [0.25, 0.3) is 0 Å². The first kappa shape index (κ1) is 13.0. The molecule has 3 N–H and O–H groups in total. The molecule has 4 nitrogen and oxygen atoms in total. The molecule has 1 spiro atoms. The number of hydrogen-bond acceptors (Lipinski definition) is 2. The molecule has 2 amide bonds. The van der Waals surface area contributed by atoms with Gasteiger partial charge in [-0.1, -0.05) is 23.2 Å². The second kappa shape index (κ2) is 4.85. The third-order valence-corrected chi connectivity index (χ3v) is 4.25. The van der Waals surface area contributed by atoms with Gasteiger partial charge >= 0.3 is 6.03 Å². The maximum absolute atomic E-state index is 11.8. The van der Waals surface area contributed by atoms with E-state index in [9.17, 15) is 4.79 Å². The monoisotopic (exact) mass is 299 g/mol. The van der Waals surface area contributed by atoms with Crippen molar-refractivity contribution in [2.24, 2.45) is 5.41 Å². The molecule has 0 bridgehead atoms. The van der Waals surface area contributed by atoms with Gasteiger partial charge in [-0.25, -0.2) is 4.79 Å². The zero-order valence-corrected chi connectivity index (χ0v) is 11.8. The number of carbonyl (C=O) groups is 1. The van der Waals surface area contributed by atoms with E-state index in [1.807, 2.05) is 0 Å². The van der Waals surface area contributed by atoms with Crippen molar-refractivity contribution >= 4 is 34.9 Å². The van der Waals surface area contributed by atoms with Crippen LogP contribution in [-0.4, -0.2) is 25.2 Å². The first-order valence-corrected chi connectivity index (χ1v) is 7.05. The average molecular weight is 300 g/mol. The van der Waals surface area contributed by atoms with Crippen molar-refractivity contribution in [2.75, 3.05) is 18.4 Å². The number of amides is 2. The molecular weight excluding hydrogens is 285 g/mol. The molecule has 3 rings (SSSR count). The fraction of sp³-hybridized carbons (Fsp3) is 0.462. The van der Waals surface area contributed by atoms with Crippen LogP contribution in [0.4, 0.5) is 10.5 Å². The van der Waals surface area contributed by atoms with Crippen molar-refractivity contribution in [3.63, 3.8) is 0 Å². The minimum absolute atomic E-state index is 0.203. The van der Waals surface area contributed by atoms with E-state index in [-0.39, 0.29) is 12.1 Å². The van der Waals surface area contributed by atoms with Gasteiger partial charge in [-0.15, -0.1) is 0 Å². The zero-order valence-electron chi connectivity index (χ0n) is 10.3. The van der Waals surface area contributed by atoms with Crippen LogP contribution in [0.25, 0.3) is 0 Å². The topological polar surface area (TPSA) is 53.2 Å². The van der Waals surface area contributed by atoms with Gasteiger partial charge < -0.3 is 16.0 Å². The molecule has 19 heavy (non-hydrogen) atoms. The van der Waals surface area contributed by atoms with Crippen LogP contribution >= 0.6 is 23.2 Å². The van der Waals surface area contributed by atoms with Gasteiger partial charge in [0.15, 0.2) is 0 Å². The summed E-state index contributed by atoms with van der Waals surface area (Å²) in [6.45, 7) is 2.16. The van der Waals surface area contributed by atoms with Gasteiger partial charge in [0.2, 0.25) is 0 Å². The number of benzene rings is 1. The minimum atomic E-state index is -0.203. The van der Waals surface area contributed by atoms with Crippen LogP contribution in [0.2, 0.25) is 10.0 Å². The Labute approximate surface area is 121 Å². The summed E-state index contributed by atoms with van der Waals surface area (Å²) in [5.41, 5.74) is 1.06. The lowest BCUT2D eigenvalue weighted by molar-refractivity contribution is 0.0289. The molecule has 0 unspecified atom stereocenters. The van der Waals surface area contributed by atoms with Gasteiger partial charge in [0.1, 0.15) is 0 Å². The summed E-state index contributed by atoms with van der Waals surface area (Å²) in [6, 6.07) is 5.05. The molecule has 1 saturated heterocycles. The van der Waals surface area contributed by atoms with Crippen molar-refractivity contribution in [2.45, 2.75) is 18.9 Å². The van der Waals surface area contributed by atoms with Crippen molar-refractivity contribution in [1.29, 1.82) is 0 Å². The molecule has 1 saturated carbocycles. The standard InChI is InChI=1S/C13H15Cl2N3O/c14-8-1-9(15)3-10(2-8)17-12(19)18-11-4-13(5-11)6-16-7-13/h1-3,11,16H,4-7H2,(H2,17,18,19). The highest BCUT2D eigenvalue weighted by molar-refractivity contribution is 6.35. The maximum Gasteiger partial charge on any atom is 0.319 e. The molecule has 0 aromatic heterocycles. The Morgan fingerprint density at radius 3 is 2.37 bits per heavy atom. The van der Waals surface area contributed by atoms with Crippen LogP contribution in [0.5, 0.6) is 0 Å². The molecular formula is C13H15Cl2N3O. The highest BCUT2D eigenvalue weighted by Crippen LogP contribution is 2.44. The van der Waals surface area contributed by atoms with Crippen LogP contribution in [0.3, 0.4) is 0 Å². The molecule has 1 aromatic rings. The largest absolute Gasteiger partial charge is 0.335 e. The van der Waals surface area contributed by atoms with Crippen molar-refractivity contribution in [3.05, 3.63) is 28.2 Å². The van der Waals surface area contributed by atoms with Gasteiger partial charge in [-0.2, -0.15) is 0 Å². The summed E-state index contributed by atoms with van der Waals surface area (Å²) < 4.78 is 0. The van der Waals surface area contributed by atoms with Gasteiger partial charge in [-0.05, 0) is 36.5 Å². The minimum Gasteiger partial charge on any atom is -0.335 e. The van der Waals surface area contributed by atoms with E-state index in [2.05, 4.69) is 16.0 Å². The lowest BCUT2D eigenvalue weighted by Gasteiger charge is -2.54. The van der Waals surface area contributed by atoms with E-state index in [0.717, 1.165) is 25.9 Å². The number of anilines is 1. The fourth-order valence-corrected chi connectivity index (χ4v) is 3.36. The second-order valence-corrected chi connectivity index (χ2v) is 6.34. The molecule has 6 heteroatoms. The van der Waals surface area contributed by atoms with Gasteiger partial charge in [-0.3, -0.25) is 0 Å². The Morgan fingerprint density at radius 1 is 1.21 bits per heavy atom. The molecule has 0 atom stereocenters. The fourth-order valence-electron chi connectivity index (χ4n) is 2.83. The lowest BCUT2D eigenvalue weighted by Crippen LogP contribution is -2.65. The third kappa shape index (κ3) is 2.81. The first-order valence-electron chi connectivity index (χ1n) is 6.29. The number of urea groups is 1. The van der Waals surface area contributed by atoms with Crippen molar-refractivity contribution in [1.82, 2.24) is 10.6 Å². The Balaban J connectivity index is 1.51. The lowest BCUT2D eigenvalue weighted by atomic mass is 9.62. The van der Waals surface area contributed by atoms with E-state index in [1.54, 1.807) is 18.2 Å². The van der Waals surface area contributed by atoms with E-state index in [0.29, 0.717) is 21.1 Å². The van der Waals surface area contributed by atoms with Gasteiger partial charge in [0, 0.05) is 34.9 Å². The summed E-state index contributed by atoms with van der Waals surface area (Å²) in [5.74, 6) is 0. The predicted octanol–water partition coefficient (Wildman–Crippen LogP) is 2.87. The van der Waals surface area contributed by atoms with E-state index >= 15 is 0 Å². The van der Waals surface area contributed by atoms with Crippen molar-refractivity contribution < 1.29 is 4.79 Å². The predicted molar refractivity (Wildman–Crippen MR) is 76.9 cm³/mol. The zero-order chi connectivity index (χ0) is 13.5. The molecule has 1 aliphatic carbocycles. The quantitative estimate of drug-likeness (QED) is 0.786. The average Bonchev–Trinajstić information content (AvgIpc) is 2.18. The normalized spacial score (nSPS) is 20.5. The van der Waals surface area contributed by atoms with Crippen LogP contribution < -0.4 is 16.0 Å². The highest BCUT2D eigenvalue weighted by Gasteiger charge is 2.48. The maximum atomic E-state index is 11.8. The van der Waals surface area contributed by atoms with Crippen LogP contribution in [0, 0.1) is 5.41 Å². The Hall–Kier alpha value is -0.970. The van der Waals surface area contributed by atoms with E-state index in [1.165, 1.54) is 0 Å². The number of nitrogens with one attached hydrogen (secondary N) is 3. The Kier molecular flexibility index (Phi) is 3.33. The van der Waals surface area contributed by atoms with E-state index in [4.69, 9.17) is 23.2 Å². The van der Waals surface area contributed by atoms with Crippen LogP contribution in [0.15, 0.2) is 18.2 Å². The SMILES string of the molecule is O=C(Nc1cc(Cl)cc(Cl)c1)NC1CC2(CNC2)C1. The molecule has 1 aromatic carbocycles. The summed E-state index contributed by atoms with van der Waals surface area (Å²) in [6.07, 6.45) is 2.12. The molecule has 1 heterocycles. The molecule has 0 radical (unpaired) electrons. The summed E-state index contributed by atoms with van der Waals surface area (Å²) >= 11 is 11.8. The highest BCUT2D eigenvalue weighted by atomic mass is 35.5. The Morgan fingerprint density at radius 2 is 1.84 bits per heavy atom. The smallest absolute Gasteiger partial charge is 0.319 e. The Bertz CT molecular complexity index is 488. The van der Waals surface area contributed by atoms with Crippen LogP contribution in [-0.2, 0) is 0 Å². The number of hydrogen-bond donors (Lipinski definition) is 3. The number of rotatable bonds is 2. The first-order chi connectivity index (χ1) is 9.05. The molecule has 1 aliphatic heterocycles.